The van der Waals surface area contributed by atoms with Gasteiger partial charge in [-0.2, -0.15) is 5.10 Å². The van der Waals surface area contributed by atoms with Crippen LogP contribution >= 0.6 is 11.8 Å². The van der Waals surface area contributed by atoms with E-state index >= 15 is 0 Å². The van der Waals surface area contributed by atoms with Gasteiger partial charge in [0.25, 0.3) is 5.91 Å². The first-order chi connectivity index (χ1) is 20.9. The first kappa shape index (κ1) is 30.4. The fourth-order valence-corrected chi connectivity index (χ4v) is 5.85. The van der Waals surface area contributed by atoms with Crippen LogP contribution in [0.5, 0.6) is 0 Å². The molecule has 43 heavy (non-hydrogen) atoms. The van der Waals surface area contributed by atoms with Crippen LogP contribution in [0.2, 0.25) is 0 Å². The molecule has 0 spiro atoms. The molecule has 1 amide bonds. The van der Waals surface area contributed by atoms with Gasteiger partial charge in [0.2, 0.25) is 0 Å². The van der Waals surface area contributed by atoms with E-state index < -0.39 is 18.4 Å². The number of esters is 1. The van der Waals surface area contributed by atoms with Gasteiger partial charge in [0.15, 0.2) is 17.6 Å². The molecule has 3 aromatic carbocycles. The number of carbonyl (C=O) groups is 2. The number of nitrogens with one attached hydrogen (secondary N) is 2. The van der Waals surface area contributed by atoms with Crippen LogP contribution in [0.4, 0.5) is 0 Å². The zero-order chi connectivity index (χ0) is 30.2. The molecule has 0 bridgehead atoms. The third-order valence-electron chi connectivity index (χ3n) is 7.18. The highest BCUT2D eigenvalue weighted by Crippen LogP contribution is 2.47. The number of aliphatic hydroxyl groups is 1. The molecule has 1 fully saturated rings. The maximum absolute atomic E-state index is 12.3. The van der Waals surface area contributed by atoms with E-state index in [1.54, 1.807) is 0 Å². The number of amides is 1. The van der Waals surface area contributed by atoms with Gasteiger partial charge in [0.05, 0.1) is 18.8 Å². The molecule has 11 heteroatoms. The van der Waals surface area contributed by atoms with Crippen molar-refractivity contribution in [2.75, 3.05) is 5.75 Å². The number of ether oxygens (including phenoxy) is 3. The largest absolute Gasteiger partial charge is 0.453 e. The minimum absolute atomic E-state index is 0.0361. The van der Waals surface area contributed by atoms with Crippen LogP contribution in [0.1, 0.15) is 60.0 Å². The fraction of sp³-hybridized carbons (Fsp3) is 0.312. The Bertz CT molecular complexity index is 1470. The zero-order valence-electron chi connectivity index (χ0n) is 23.9. The van der Waals surface area contributed by atoms with Crippen LogP contribution in [0.15, 0.2) is 90.3 Å². The van der Waals surface area contributed by atoms with E-state index in [9.17, 15) is 14.7 Å². The van der Waals surface area contributed by atoms with E-state index in [1.807, 2.05) is 66.7 Å². The molecule has 1 aromatic heterocycles. The van der Waals surface area contributed by atoms with Gasteiger partial charge in [-0.3, -0.25) is 14.7 Å². The van der Waals surface area contributed by atoms with Crippen LogP contribution in [0, 0.1) is 0 Å². The smallest absolute Gasteiger partial charge is 0.303 e. The van der Waals surface area contributed by atoms with Crippen molar-refractivity contribution >= 4 is 23.6 Å². The molecule has 0 radical (unpaired) electrons. The highest BCUT2D eigenvalue weighted by molar-refractivity contribution is 7.99. The molecule has 1 saturated heterocycles. The van der Waals surface area contributed by atoms with E-state index in [2.05, 4.69) is 32.6 Å². The van der Waals surface area contributed by atoms with Gasteiger partial charge in [-0.25, -0.2) is 4.98 Å². The van der Waals surface area contributed by atoms with E-state index in [4.69, 9.17) is 14.2 Å². The molecule has 3 N–H and O–H groups in total. The summed E-state index contributed by atoms with van der Waals surface area (Å²) in [5.74, 6) is -0.396. The summed E-state index contributed by atoms with van der Waals surface area (Å²) in [4.78, 5) is 27.7. The lowest BCUT2D eigenvalue weighted by molar-refractivity contribution is -0.255. The van der Waals surface area contributed by atoms with Gasteiger partial charge in [0.1, 0.15) is 6.33 Å². The molecule has 1 aliphatic heterocycles. The van der Waals surface area contributed by atoms with Crippen molar-refractivity contribution in [3.8, 4) is 0 Å². The third kappa shape index (κ3) is 7.88. The zero-order valence-corrected chi connectivity index (χ0v) is 24.7. The van der Waals surface area contributed by atoms with Crippen molar-refractivity contribution < 1.29 is 28.9 Å². The molecular weight excluding hydrogens is 568 g/mol. The van der Waals surface area contributed by atoms with Crippen molar-refractivity contribution in [1.82, 2.24) is 20.5 Å². The number of aromatic amines is 1. The molecule has 5 unspecified atom stereocenters. The quantitative estimate of drug-likeness (QED) is 0.166. The van der Waals surface area contributed by atoms with E-state index in [1.165, 1.54) is 31.9 Å². The second kappa shape index (κ2) is 14.4. The lowest BCUT2D eigenvalue weighted by Crippen LogP contribution is -2.38. The number of aliphatic hydroxyl groups excluding tert-OH is 1. The summed E-state index contributed by atoms with van der Waals surface area (Å²) in [6.07, 6.45) is -0.627. The molecule has 0 saturated carbocycles. The molecule has 10 nitrogen and oxygen atoms in total. The second-order valence-electron chi connectivity index (χ2n) is 10.2. The van der Waals surface area contributed by atoms with Gasteiger partial charge in [-0.1, -0.05) is 90.6 Å². The molecule has 2 heterocycles. The van der Waals surface area contributed by atoms with Gasteiger partial charge >= 0.3 is 5.97 Å². The SMILES string of the molecule is CC(=O)OC(C)C(=O)NCc1ccc(C2OC(CSc3ncn[nH]3)C(c3ccccc3)C(c3ccc(CO)cc3)O2)cc1. The summed E-state index contributed by atoms with van der Waals surface area (Å²) in [6, 6.07) is 25.7. The Labute approximate surface area is 254 Å². The number of nitrogens with zero attached hydrogens (tertiary/aromatic N) is 2. The topological polar surface area (TPSA) is 136 Å². The van der Waals surface area contributed by atoms with Crippen LogP contribution in [0.3, 0.4) is 0 Å². The fourth-order valence-electron chi connectivity index (χ4n) is 5.00. The van der Waals surface area contributed by atoms with Gasteiger partial charge in [-0.05, 0) is 29.2 Å². The summed E-state index contributed by atoms with van der Waals surface area (Å²) in [5, 5.41) is 20.0. The average Bonchev–Trinajstić information content (AvgIpc) is 3.56. The standard InChI is InChI=1S/C32H34N4O6S/c1-20(40-21(2)38)30(39)33-16-22-8-14-26(15-9-22)31-41-27(18-43-32-34-19-35-36-32)28(24-6-4-3-5-7-24)29(42-31)25-12-10-23(17-37)11-13-25/h3-15,19-20,27-29,31,37H,16-18H2,1-2H3,(H,33,39)(H,34,35,36). The van der Waals surface area contributed by atoms with Crippen LogP contribution in [-0.2, 0) is 37.0 Å². The Balaban J connectivity index is 1.39. The average molecular weight is 603 g/mol. The van der Waals surface area contributed by atoms with Crippen molar-refractivity contribution in [1.29, 1.82) is 0 Å². The maximum atomic E-state index is 12.3. The second-order valence-corrected chi connectivity index (χ2v) is 11.2. The minimum Gasteiger partial charge on any atom is -0.453 e. The van der Waals surface area contributed by atoms with Gasteiger partial charge in [0, 0.05) is 30.7 Å². The van der Waals surface area contributed by atoms with Gasteiger partial charge in [-0.15, -0.1) is 0 Å². The number of hydrogen-bond acceptors (Lipinski definition) is 9. The Morgan fingerprint density at radius 2 is 1.67 bits per heavy atom. The summed E-state index contributed by atoms with van der Waals surface area (Å²) in [5.41, 5.74) is 4.61. The molecule has 1 aliphatic rings. The Hall–Kier alpha value is -4.03. The van der Waals surface area contributed by atoms with E-state index in [0.717, 1.165) is 27.8 Å². The molecule has 0 aliphatic carbocycles. The predicted molar refractivity (Wildman–Crippen MR) is 160 cm³/mol. The van der Waals surface area contributed by atoms with Crippen LogP contribution in [0.25, 0.3) is 0 Å². The lowest BCUT2D eigenvalue weighted by atomic mass is 9.84. The van der Waals surface area contributed by atoms with Crippen molar-refractivity contribution in [3.05, 3.63) is 113 Å². The number of rotatable bonds is 11. The van der Waals surface area contributed by atoms with Crippen LogP contribution < -0.4 is 5.32 Å². The van der Waals surface area contributed by atoms with E-state index in [0.29, 0.717) is 10.9 Å². The first-order valence-corrected chi connectivity index (χ1v) is 15.0. The molecule has 5 rings (SSSR count). The Morgan fingerprint density at radius 3 is 2.33 bits per heavy atom. The van der Waals surface area contributed by atoms with E-state index in [-0.39, 0.29) is 37.2 Å². The highest BCUT2D eigenvalue weighted by atomic mass is 32.2. The third-order valence-corrected chi connectivity index (χ3v) is 8.14. The van der Waals surface area contributed by atoms with Crippen LogP contribution in [-0.4, -0.2) is 50.1 Å². The number of thioether (sulfide) groups is 1. The highest BCUT2D eigenvalue weighted by Gasteiger charge is 2.42. The van der Waals surface area contributed by atoms with Crippen molar-refractivity contribution in [3.63, 3.8) is 0 Å². The van der Waals surface area contributed by atoms with Crippen molar-refractivity contribution in [2.45, 2.75) is 62.7 Å². The number of hydrogen-bond donors (Lipinski definition) is 3. The Morgan fingerprint density at radius 1 is 0.977 bits per heavy atom. The molecule has 224 valence electrons. The Kier molecular flexibility index (Phi) is 10.2. The summed E-state index contributed by atoms with van der Waals surface area (Å²) in [6.45, 7) is 3.05. The van der Waals surface area contributed by atoms with Gasteiger partial charge < -0.3 is 24.6 Å². The first-order valence-electron chi connectivity index (χ1n) is 14.0. The summed E-state index contributed by atoms with van der Waals surface area (Å²) >= 11 is 1.54. The lowest BCUT2D eigenvalue weighted by Gasteiger charge is -2.43. The molecule has 5 atom stereocenters. The maximum Gasteiger partial charge on any atom is 0.303 e. The number of carbonyl (C=O) groups excluding carboxylic acids is 2. The predicted octanol–water partition coefficient (Wildman–Crippen LogP) is 4.60. The summed E-state index contributed by atoms with van der Waals surface area (Å²) in [7, 11) is 0. The number of aromatic nitrogens is 3. The number of benzene rings is 3. The minimum atomic E-state index is -0.867. The summed E-state index contributed by atoms with van der Waals surface area (Å²) < 4.78 is 18.3. The molecule has 4 aromatic rings. The monoisotopic (exact) mass is 602 g/mol. The molecular formula is C32H34N4O6S. The number of H-pyrrole nitrogens is 1. The normalized spacial score (nSPS) is 20.7. The van der Waals surface area contributed by atoms with Crippen molar-refractivity contribution in [2.24, 2.45) is 0 Å².